The summed E-state index contributed by atoms with van der Waals surface area (Å²) in [4.78, 5) is 8.22. The third-order valence-electron chi connectivity index (χ3n) is 6.27. The van der Waals surface area contributed by atoms with Crippen LogP contribution in [0.15, 0.2) is 71.5 Å². The number of nitrogens with zero attached hydrogens (tertiary/aromatic N) is 3. The van der Waals surface area contributed by atoms with Crippen molar-refractivity contribution in [2.45, 2.75) is 34.1 Å². The van der Waals surface area contributed by atoms with E-state index in [0.717, 1.165) is 56.3 Å². The van der Waals surface area contributed by atoms with Crippen molar-refractivity contribution in [3.63, 3.8) is 0 Å². The van der Waals surface area contributed by atoms with Crippen molar-refractivity contribution in [1.82, 2.24) is 4.98 Å². The van der Waals surface area contributed by atoms with Gasteiger partial charge in [0, 0.05) is 10.8 Å². The van der Waals surface area contributed by atoms with E-state index < -0.39 is 0 Å². The molecule has 168 valence electrons. The molecule has 0 aliphatic rings. The molecule has 5 rings (SSSR count). The summed E-state index contributed by atoms with van der Waals surface area (Å²) in [5.74, 6) is 0. The molecule has 0 saturated carbocycles. The van der Waals surface area contributed by atoms with Crippen molar-refractivity contribution >= 4 is 27.6 Å². The van der Waals surface area contributed by atoms with Crippen LogP contribution in [0, 0.1) is 18.9 Å². The van der Waals surface area contributed by atoms with Gasteiger partial charge in [0.2, 0.25) is 5.69 Å². The molecule has 4 heteroatoms. The van der Waals surface area contributed by atoms with Crippen LogP contribution in [0.25, 0.3) is 49.2 Å². The second-order valence-electron chi connectivity index (χ2n) is 10.2. The molecule has 34 heavy (non-hydrogen) atoms. The van der Waals surface area contributed by atoms with E-state index >= 15 is 0 Å². The van der Waals surface area contributed by atoms with E-state index in [1.165, 1.54) is 5.56 Å². The number of furan rings is 1. The smallest absolute Gasteiger partial charge is 0.234 e. The van der Waals surface area contributed by atoms with E-state index in [0.29, 0.717) is 5.69 Å². The largest absolute Gasteiger partial charge is 0.456 e. The Morgan fingerprint density at radius 2 is 1.85 bits per heavy atom. The van der Waals surface area contributed by atoms with Crippen LogP contribution in [-0.4, -0.2) is 4.98 Å². The lowest BCUT2D eigenvalue weighted by atomic mass is 9.84. The lowest BCUT2D eigenvalue weighted by molar-refractivity contribution is -0.660. The molecular formula is C30H28N3O+. The summed E-state index contributed by atoms with van der Waals surface area (Å²) in [5, 5.41) is 2.18. The lowest BCUT2D eigenvalue weighted by Crippen LogP contribution is -2.30. The van der Waals surface area contributed by atoms with E-state index in [9.17, 15) is 0 Å². The predicted molar refractivity (Wildman–Crippen MR) is 138 cm³/mol. The predicted octanol–water partition coefficient (Wildman–Crippen LogP) is 7.59. The fourth-order valence-corrected chi connectivity index (χ4v) is 4.85. The molecule has 0 unspecified atom stereocenters. The average molecular weight is 447 g/mol. The third kappa shape index (κ3) is 3.74. The summed E-state index contributed by atoms with van der Waals surface area (Å²) in [6.07, 6.45) is 6.55. The Bertz CT molecular complexity index is 1580. The highest BCUT2D eigenvalue weighted by molar-refractivity contribution is 6.13. The molecule has 0 bridgehead atoms. The van der Waals surface area contributed by atoms with E-state index in [1.807, 2.05) is 43.7 Å². The van der Waals surface area contributed by atoms with Crippen molar-refractivity contribution in [3.05, 3.63) is 89.7 Å². The topological polar surface area (TPSA) is 34.3 Å². The third-order valence-corrected chi connectivity index (χ3v) is 6.27. The normalized spacial score (nSPS) is 11.8. The van der Waals surface area contributed by atoms with Crippen LogP contribution < -0.4 is 4.57 Å². The standard InChI is InChI=1S/C30H28N3O/c1-19-14-21(17-30(2,3)4)28-23-15-22(20-10-8-7-9-11-20)24(31-5)16-26(23)34-29(28)27(19)25-18-32-12-13-33(25)6/h7-16,18H,17H2,1-4,6H3/q+1. The first-order valence-electron chi connectivity index (χ1n) is 11.5. The maximum Gasteiger partial charge on any atom is 0.234 e. The Labute approximate surface area is 200 Å². The van der Waals surface area contributed by atoms with E-state index in [-0.39, 0.29) is 5.41 Å². The monoisotopic (exact) mass is 446 g/mol. The number of hydrogen-bond donors (Lipinski definition) is 0. The first kappa shape index (κ1) is 21.9. The summed E-state index contributed by atoms with van der Waals surface area (Å²) >= 11 is 0. The van der Waals surface area contributed by atoms with Crippen LogP contribution in [0.4, 0.5) is 5.69 Å². The van der Waals surface area contributed by atoms with Gasteiger partial charge < -0.3 is 4.42 Å². The van der Waals surface area contributed by atoms with Crippen molar-refractivity contribution in [1.29, 1.82) is 0 Å². The minimum absolute atomic E-state index is 0.113. The quantitative estimate of drug-likeness (QED) is 0.211. The minimum atomic E-state index is 0.113. The zero-order valence-electron chi connectivity index (χ0n) is 20.3. The first-order chi connectivity index (χ1) is 16.3. The van der Waals surface area contributed by atoms with Crippen molar-refractivity contribution < 1.29 is 8.98 Å². The second kappa shape index (κ2) is 8.11. The second-order valence-corrected chi connectivity index (χ2v) is 10.2. The Hall–Kier alpha value is -3.97. The molecule has 3 aromatic carbocycles. The molecule has 2 aromatic heterocycles. The summed E-state index contributed by atoms with van der Waals surface area (Å²) in [5.41, 5.74) is 8.75. The molecule has 4 nitrogen and oxygen atoms in total. The van der Waals surface area contributed by atoms with Crippen molar-refractivity contribution in [2.24, 2.45) is 12.5 Å². The molecule has 0 fully saturated rings. The molecule has 0 spiro atoms. The molecule has 0 aliphatic heterocycles. The molecular weight excluding hydrogens is 418 g/mol. The average Bonchev–Trinajstić information content (AvgIpc) is 3.17. The van der Waals surface area contributed by atoms with Gasteiger partial charge in [0.1, 0.15) is 18.2 Å². The van der Waals surface area contributed by atoms with E-state index in [4.69, 9.17) is 11.0 Å². The summed E-state index contributed by atoms with van der Waals surface area (Å²) in [6.45, 7) is 16.7. The Morgan fingerprint density at radius 1 is 1.09 bits per heavy atom. The van der Waals surface area contributed by atoms with Crippen molar-refractivity contribution in [2.75, 3.05) is 0 Å². The Morgan fingerprint density at radius 3 is 2.53 bits per heavy atom. The molecule has 2 heterocycles. The van der Waals surface area contributed by atoms with Crippen LogP contribution in [0.3, 0.4) is 0 Å². The van der Waals surface area contributed by atoms with Gasteiger partial charge in [0.05, 0.1) is 24.5 Å². The van der Waals surface area contributed by atoms with Crippen molar-refractivity contribution in [3.8, 4) is 22.4 Å². The molecule has 0 amide bonds. The highest BCUT2D eigenvalue weighted by Gasteiger charge is 2.26. The van der Waals surface area contributed by atoms with Gasteiger partial charge >= 0.3 is 0 Å². The Balaban J connectivity index is 1.92. The number of aromatic nitrogens is 2. The summed E-state index contributed by atoms with van der Waals surface area (Å²) in [6, 6.07) is 16.5. The Kier molecular flexibility index (Phi) is 5.21. The van der Waals surface area contributed by atoms with Gasteiger partial charge in [0.25, 0.3) is 0 Å². The number of aryl methyl sites for hydroxylation is 2. The molecule has 0 saturated heterocycles. The lowest BCUT2D eigenvalue weighted by Gasteiger charge is -2.20. The zero-order chi connectivity index (χ0) is 24.0. The summed E-state index contributed by atoms with van der Waals surface area (Å²) < 4.78 is 8.65. The van der Waals surface area contributed by atoms with Crippen LogP contribution in [0.1, 0.15) is 31.9 Å². The van der Waals surface area contributed by atoms with Gasteiger partial charge in [-0.1, -0.05) is 63.2 Å². The van der Waals surface area contributed by atoms with Crippen LogP contribution in [0.2, 0.25) is 0 Å². The van der Waals surface area contributed by atoms with Gasteiger partial charge in [0.15, 0.2) is 11.9 Å². The molecule has 5 aromatic rings. The SMILES string of the molecule is [C-]#[N+]c1cc2oc3c(-c4cncc[n+]4C)c(C)cc(CC(C)(C)C)c3c2cc1-c1ccccc1. The number of rotatable bonds is 3. The van der Waals surface area contributed by atoms with Gasteiger partial charge in [-0.2, -0.15) is 4.57 Å². The number of benzene rings is 3. The van der Waals surface area contributed by atoms with Gasteiger partial charge in [-0.15, -0.1) is 0 Å². The maximum absolute atomic E-state index is 7.81. The zero-order valence-corrected chi connectivity index (χ0v) is 20.3. The molecule has 0 N–H and O–H groups in total. The van der Waals surface area contributed by atoms with Crippen LogP contribution in [0.5, 0.6) is 0 Å². The molecule has 0 radical (unpaired) electrons. The number of hydrogen-bond acceptors (Lipinski definition) is 2. The highest BCUT2D eigenvalue weighted by Crippen LogP contribution is 2.44. The molecule has 0 atom stereocenters. The van der Waals surface area contributed by atoms with E-state index in [1.54, 1.807) is 6.20 Å². The fourth-order valence-electron chi connectivity index (χ4n) is 4.85. The van der Waals surface area contributed by atoms with Gasteiger partial charge in [-0.25, -0.2) is 4.85 Å². The van der Waals surface area contributed by atoms with E-state index in [2.05, 4.69) is 66.4 Å². The minimum Gasteiger partial charge on any atom is -0.456 e. The van der Waals surface area contributed by atoms with Crippen LogP contribution in [-0.2, 0) is 13.5 Å². The highest BCUT2D eigenvalue weighted by atomic mass is 16.3. The van der Waals surface area contributed by atoms with Gasteiger partial charge in [-0.3, -0.25) is 4.98 Å². The maximum atomic E-state index is 7.81. The molecule has 0 aliphatic carbocycles. The van der Waals surface area contributed by atoms with Crippen LogP contribution >= 0.6 is 0 Å². The summed E-state index contributed by atoms with van der Waals surface area (Å²) in [7, 11) is 2.03. The first-order valence-corrected chi connectivity index (χ1v) is 11.5. The fraction of sp³-hybridized carbons (Fsp3) is 0.233. The number of fused-ring (bicyclic) bond motifs is 3. The van der Waals surface area contributed by atoms with Gasteiger partial charge in [-0.05, 0) is 47.1 Å².